The Labute approximate surface area is 140 Å². The smallest absolute Gasteiger partial charge is 0.416 e. The quantitative estimate of drug-likeness (QED) is 0.721. The maximum Gasteiger partial charge on any atom is 0.416 e. The summed E-state index contributed by atoms with van der Waals surface area (Å²) in [6.07, 6.45) is -4.50. The fourth-order valence-electron chi connectivity index (χ4n) is 1.88. The Hall–Kier alpha value is -2.16. The molecule has 130 valence electrons. The van der Waals surface area contributed by atoms with Gasteiger partial charge in [-0.2, -0.15) is 13.2 Å². The molecule has 24 heavy (non-hydrogen) atoms. The Kier molecular flexibility index (Phi) is 5.43. The third-order valence-corrected chi connectivity index (χ3v) is 3.23. The van der Waals surface area contributed by atoms with Crippen LogP contribution in [-0.4, -0.2) is 17.0 Å². The second-order valence-corrected chi connectivity index (χ2v) is 5.00. The summed E-state index contributed by atoms with van der Waals surface area (Å²) in [4.78, 5) is 0. The molecule has 0 unspecified atom stereocenters. The summed E-state index contributed by atoms with van der Waals surface area (Å²) < 4.78 is 48.5. The van der Waals surface area contributed by atoms with Crippen LogP contribution in [0.5, 0.6) is 17.2 Å². The summed E-state index contributed by atoms with van der Waals surface area (Å²) in [6, 6.07) is 6.75. The van der Waals surface area contributed by atoms with Gasteiger partial charge in [-0.3, -0.25) is 10.4 Å². The van der Waals surface area contributed by atoms with Crippen molar-refractivity contribution in [3.63, 3.8) is 0 Å². The molecule has 2 N–H and O–H groups in total. The number of hydrogen-bond donors (Lipinski definition) is 2. The minimum absolute atomic E-state index is 0.0183. The topological polar surface area (TPSA) is 62.2 Å². The van der Waals surface area contributed by atoms with E-state index >= 15 is 0 Å². The van der Waals surface area contributed by atoms with Gasteiger partial charge in [0.25, 0.3) is 0 Å². The Balaban J connectivity index is 2.29. The van der Waals surface area contributed by atoms with E-state index in [1.54, 1.807) is 6.92 Å². The predicted octanol–water partition coefficient (Wildman–Crippen LogP) is 5.13. The summed E-state index contributed by atoms with van der Waals surface area (Å²) in [6.45, 7) is 1.95. The van der Waals surface area contributed by atoms with Crippen LogP contribution in [0.3, 0.4) is 0 Å². The van der Waals surface area contributed by atoms with E-state index in [1.165, 1.54) is 18.2 Å². The first-order valence-electron chi connectivity index (χ1n) is 6.71. The number of nitrogens with zero attached hydrogens (tertiary/aromatic N) is 1. The Morgan fingerprint density at radius 3 is 2.33 bits per heavy atom. The molecule has 0 spiro atoms. The summed E-state index contributed by atoms with van der Waals surface area (Å²) in [5.41, 5.74) is -0.913. The van der Waals surface area contributed by atoms with Crippen LogP contribution in [0, 0.1) is 0 Å². The van der Waals surface area contributed by atoms with E-state index in [-0.39, 0.29) is 39.8 Å². The molecule has 0 aliphatic carbocycles. The first-order valence-corrected chi connectivity index (χ1v) is 7.09. The second kappa shape index (κ2) is 7.16. The van der Waals surface area contributed by atoms with E-state index in [0.29, 0.717) is 0 Å². The molecule has 0 amide bonds. The zero-order valence-electron chi connectivity index (χ0n) is 12.3. The van der Waals surface area contributed by atoms with Gasteiger partial charge in [-0.05, 0) is 37.3 Å². The van der Waals surface area contributed by atoms with Gasteiger partial charge in [0.05, 0.1) is 17.2 Å². The average Bonchev–Trinajstić information content (AvgIpc) is 2.48. The molecule has 0 aliphatic heterocycles. The molecule has 0 aromatic heterocycles. The highest BCUT2D eigenvalue weighted by Gasteiger charge is 2.31. The molecular formula is C15H13ClF3NO4. The van der Waals surface area contributed by atoms with Crippen molar-refractivity contribution in [2.75, 3.05) is 11.8 Å². The first kappa shape index (κ1) is 18.2. The van der Waals surface area contributed by atoms with Gasteiger partial charge in [0.1, 0.15) is 17.2 Å². The minimum atomic E-state index is -4.50. The van der Waals surface area contributed by atoms with Crippen LogP contribution < -0.4 is 14.7 Å². The molecule has 0 saturated heterocycles. The Morgan fingerprint density at radius 2 is 1.79 bits per heavy atom. The van der Waals surface area contributed by atoms with Gasteiger partial charge in [0, 0.05) is 6.07 Å². The van der Waals surface area contributed by atoms with Crippen LogP contribution in [-0.2, 0) is 6.18 Å². The maximum atomic E-state index is 12.6. The lowest BCUT2D eigenvalue weighted by atomic mass is 10.2. The zero-order valence-corrected chi connectivity index (χ0v) is 13.1. The molecule has 0 atom stereocenters. The van der Waals surface area contributed by atoms with E-state index in [9.17, 15) is 13.2 Å². The standard InChI is InChI=1S/C15H13ClF3NO4/c1-2-23-14-8-10(4-5-12(14)20(21)22)24-13-6-3-9(7-11(13)16)15(17,18)19/h3-8,21-22H,2H2,1H3. The normalized spacial score (nSPS) is 11.3. The molecule has 2 aromatic rings. The van der Waals surface area contributed by atoms with Gasteiger partial charge >= 0.3 is 6.18 Å². The predicted molar refractivity (Wildman–Crippen MR) is 80.2 cm³/mol. The van der Waals surface area contributed by atoms with Crippen molar-refractivity contribution in [2.45, 2.75) is 13.1 Å². The van der Waals surface area contributed by atoms with E-state index in [2.05, 4.69) is 0 Å². The van der Waals surface area contributed by atoms with Crippen molar-refractivity contribution < 1.29 is 33.1 Å². The Bertz CT molecular complexity index is 722. The van der Waals surface area contributed by atoms with Crippen molar-refractivity contribution in [3.8, 4) is 17.2 Å². The minimum Gasteiger partial charge on any atom is -0.491 e. The van der Waals surface area contributed by atoms with Crippen LogP contribution >= 0.6 is 11.6 Å². The molecule has 0 aliphatic rings. The highest BCUT2D eigenvalue weighted by molar-refractivity contribution is 6.32. The van der Waals surface area contributed by atoms with Crippen molar-refractivity contribution in [1.29, 1.82) is 0 Å². The SMILES string of the molecule is CCOc1cc(Oc2ccc(C(F)(F)F)cc2Cl)ccc1N(O)O. The molecule has 5 nitrogen and oxygen atoms in total. The van der Waals surface area contributed by atoms with Crippen molar-refractivity contribution in [2.24, 2.45) is 0 Å². The number of hydrogen-bond acceptors (Lipinski definition) is 5. The van der Waals surface area contributed by atoms with Crippen molar-refractivity contribution in [1.82, 2.24) is 0 Å². The van der Waals surface area contributed by atoms with Gasteiger partial charge in [-0.1, -0.05) is 11.6 Å². The molecule has 0 radical (unpaired) electrons. The number of halogens is 4. The lowest BCUT2D eigenvalue weighted by Gasteiger charge is -2.16. The van der Waals surface area contributed by atoms with E-state index < -0.39 is 11.7 Å². The molecule has 0 saturated carbocycles. The van der Waals surface area contributed by atoms with E-state index in [1.807, 2.05) is 0 Å². The molecule has 0 heterocycles. The Morgan fingerprint density at radius 1 is 1.08 bits per heavy atom. The summed E-state index contributed by atoms with van der Waals surface area (Å²) in [5.74, 6) is 0.332. The third-order valence-electron chi connectivity index (χ3n) is 2.93. The van der Waals surface area contributed by atoms with Gasteiger partial charge < -0.3 is 9.47 Å². The van der Waals surface area contributed by atoms with Crippen LogP contribution in [0.1, 0.15) is 12.5 Å². The third kappa shape index (κ3) is 4.22. The van der Waals surface area contributed by atoms with Crippen LogP contribution in [0.4, 0.5) is 18.9 Å². The maximum absolute atomic E-state index is 12.6. The van der Waals surface area contributed by atoms with Crippen LogP contribution in [0.25, 0.3) is 0 Å². The van der Waals surface area contributed by atoms with E-state index in [4.69, 9.17) is 31.5 Å². The summed E-state index contributed by atoms with van der Waals surface area (Å²) in [7, 11) is 0. The van der Waals surface area contributed by atoms with Gasteiger partial charge in [-0.25, -0.2) is 0 Å². The monoisotopic (exact) mass is 363 g/mol. The molecule has 2 rings (SSSR count). The van der Waals surface area contributed by atoms with Crippen molar-refractivity contribution >= 4 is 17.3 Å². The lowest BCUT2D eigenvalue weighted by Crippen LogP contribution is -2.12. The van der Waals surface area contributed by atoms with Gasteiger partial charge in [0.2, 0.25) is 0 Å². The van der Waals surface area contributed by atoms with E-state index in [0.717, 1.165) is 18.2 Å². The largest absolute Gasteiger partial charge is 0.491 e. The fourth-order valence-corrected chi connectivity index (χ4v) is 2.10. The number of alkyl halides is 3. The number of ether oxygens (including phenoxy) is 2. The van der Waals surface area contributed by atoms with Crippen LogP contribution in [0.15, 0.2) is 36.4 Å². The van der Waals surface area contributed by atoms with Gasteiger partial charge in [0.15, 0.2) is 5.75 Å². The van der Waals surface area contributed by atoms with Crippen molar-refractivity contribution in [3.05, 3.63) is 47.0 Å². The average molecular weight is 364 g/mol. The molecule has 0 fully saturated rings. The second-order valence-electron chi connectivity index (χ2n) is 4.60. The fraction of sp³-hybridized carbons (Fsp3) is 0.200. The summed E-state index contributed by atoms with van der Waals surface area (Å²) in [5, 5.41) is 17.9. The molecule has 0 bridgehead atoms. The zero-order chi connectivity index (χ0) is 17.9. The summed E-state index contributed by atoms with van der Waals surface area (Å²) >= 11 is 5.82. The number of anilines is 1. The highest BCUT2D eigenvalue weighted by Crippen LogP contribution is 2.38. The van der Waals surface area contributed by atoms with Crippen LogP contribution in [0.2, 0.25) is 5.02 Å². The molecule has 2 aromatic carbocycles. The molecular weight excluding hydrogens is 351 g/mol. The number of benzene rings is 2. The number of rotatable bonds is 5. The first-order chi connectivity index (χ1) is 11.2. The van der Waals surface area contributed by atoms with Gasteiger partial charge in [-0.15, -0.1) is 5.23 Å². The lowest BCUT2D eigenvalue weighted by molar-refractivity contribution is -0.137. The highest BCUT2D eigenvalue weighted by atomic mass is 35.5. The molecule has 9 heteroatoms.